The maximum Gasteiger partial charge on any atom is 0.494 e. The Labute approximate surface area is 109 Å². The summed E-state index contributed by atoms with van der Waals surface area (Å²) in [6.07, 6.45) is 7.31. The molecule has 96 valence electrons. The van der Waals surface area contributed by atoms with Crippen LogP contribution >= 0.6 is 0 Å². The summed E-state index contributed by atoms with van der Waals surface area (Å²) in [5, 5.41) is 0. The molecule has 1 saturated heterocycles. The summed E-state index contributed by atoms with van der Waals surface area (Å²) in [6.45, 7) is 8.29. The van der Waals surface area contributed by atoms with Gasteiger partial charge < -0.3 is 15.0 Å². The highest BCUT2D eigenvalue weighted by Gasteiger charge is 2.52. The Hall–Kier alpha value is -0.995. The van der Waals surface area contributed by atoms with Crippen LogP contribution in [-0.2, 0) is 9.31 Å². The Bertz CT molecular complexity index is 472. The maximum absolute atomic E-state index is 6.06. The average Bonchev–Trinajstić information content (AvgIpc) is 2.96. The van der Waals surface area contributed by atoms with Gasteiger partial charge in [-0.3, -0.25) is 0 Å². The quantitative estimate of drug-likeness (QED) is 0.721. The molecule has 1 saturated carbocycles. The van der Waals surface area contributed by atoms with Crippen LogP contribution in [0.3, 0.4) is 0 Å². The van der Waals surface area contributed by atoms with E-state index in [0.717, 1.165) is 17.6 Å². The molecule has 1 heterocycles. The van der Waals surface area contributed by atoms with E-state index in [4.69, 9.17) is 15.0 Å². The van der Waals surface area contributed by atoms with Crippen molar-refractivity contribution < 1.29 is 9.31 Å². The van der Waals surface area contributed by atoms with Gasteiger partial charge in [0.05, 0.1) is 11.2 Å². The molecule has 2 aliphatic carbocycles. The fourth-order valence-corrected chi connectivity index (χ4v) is 2.39. The van der Waals surface area contributed by atoms with Crippen molar-refractivity contribution in [2.75, 3.05) is 0 Å². The summed E-state index contributed by atoms with van der Waals surface area (Å²) < 4.78 is 12.1. The molecule has 3 rings (SSSR count). The lowest BCUT2D eigenvalue weighted by Crippen LogP contribution is -2.41. The van der Waals surface area contributed by atoms with Gasteiger partial charge in [0.15, 0.2) is 0 Å². The summed E-state index contributed by atoms with van der Waals surface area (Å²) in [4.78, 5) is 0. The summed E-state index contributed by atoms with van der Waals surface area (Å²) in [5.41, 5.74) is 8.73. The van der Waals surface area contributed by atoms with Crippen LogP contribution < -0.4 is 5.73 Å². The van der Waals surface area contributed by atoms with Crippen LogP contribution in [-0.4, -0.2) is 18.3 Å². The summed E-state index contributed by atoms with van der Waals surface area (Å²) in [5.74, 6) is 0.494. The van der Waals surface area contributed by atoms with E-state index >= 15 is 0 Å². The number of hydrogen-bond donors (Lipinski definition) is 1. The molecule has 0 amide bonds. The Morgan fingerprint density at radius 2 is 1.78 bits per heavy atom. The second-order valence-corrected chi connectivity index (χ2v) is 6.38. The van der Waals surface area contributed by atoms with Crippen molar-refractivity contribution in [3.8, 4) is 0 Å². The molecule has 0 aromatic carbocycles. The minimum Gasteiger partial charge on any atom is -0.399 e. The van der Waals surface area contributed by atoms with Crippen LogP contribution in [0.15, 0.2) is 35.0 Å². The van der Waals surface area contributed by atoms with Crippen molar-refractivity contribution in [1.29, 1.82) is 0 Å². The van der Waals surface area contributed by atoms with Crippen molar-refractivity contribution in [2.24, 2.45) is 11.7 Å². The van der Waals surface area contributed by atoms with E-state index in [9.17, 15) is 0 Å². The first-order valence-corrected chi connectivity index (χ1v) is 6.54. The molecule has 3 aliphatic rings. The molecular formula is C14H20BNO2. The first-order valence-electron chi connectivity index (χ1n) is 6.54. The van der Waals surface area contributed by atoms with Crippen LogP contribution in [0.1, 0.15) is 34.1 Å². The highest BCUT2D eigenvalue weighted by molar-refractivity contribution is 6.55. The molecule has 4 heteroatoms. The smallest absolute Gasteiger partial charge is 0.399 e. The Kier molecular flexibility index (Phi) is 2.36. The van der Waals surface area contributed by atoms with Crippen LogP contribution in [0.4, 0.5) is 0 Å². The third-order valence-electron chi connectivity index (χ3n) is 4.47. The topological polar surface area (TPSA) is 44.5 Å². The van der Waals surface area contributed by atoms with Crippen molar-refractivity contribution in [3.05, 3.63) is 35.0 Å². The second kappa shape index (κ2) is 3.52. The molecule has 0 radical (unpaired) electrons. The zero-order valence-corrected chi connectivity index (χ0v) is 11.5. The summed E-state index contributed by atoms with van der Waals surface area (Å²) in [7, 11) is -0.279. The first kappa shape index (κ1) is 12.1. The molecule has 3 nitrogen and oxygen atoms in total. The molecule has 2 N–H and O–H groups in total. The number of allylic oxidation sites excluding steroid dienone is 5. The van der Waals surface area contributed by atoms with E-state index in [1.165, 1.54) is 5.57 Å². The molecule has 1 unspecified atom stereocenters. The summed E-state index contributed by atoms with van der Waals surface area (Å²) in [6, 6.07) is 0. The van der Waals surface area contributed by atoms with Gasteiger partial charge in [0.1, 0.15) is 0 Å². The van der Waals surface area contributed by atoms with E-state index < -0.39 is 0 Å². The van der Waals surface area contributed by atoms with Gasteiger partial charge in [0.25, 0.3) is 0 Å². The van der Waals surface area contributed by atoms with Crippen molar-refractivity contribution in [2.45, 2.75) is 45.3 Å². The van der Waals surface area contributed by atoms with Crippen molar-refractivity contribution in [1.82, 2.24) is 0 Å². The van der Waals surface area contributed by atoms with E-state index in [1.807, 2.05) is 12.2 Å². The standard InChI is InChI=1S/C14H20BNO2/c1-13(2)14(3,4)18-15(17-13)10-5-6-12(16)11-8-9(11)7-10/h5-7,9H,8,16H2,1-4H3. The fraction of sp³-hybridized carbons (Fsp3) is 0.571. The number of nitrogens with two attached hydrogens (primary N) is 1. The third kappa shape index (κ3) is 1.75. The van der Waals surface area contributed by atoms with Gasteiger partial charge in [-0.1, -0.05) is 12.2 Å². The molecule has 0 aromatic rings. The average molecular weight is 245 g/mol. The van der Waals surface area contributed by atoms with E-state index in [0.29, 0.717) is 5.92 Å². The molecule has 0 aromatic heterocycles. The second-order valence-electron chi connectivity index (χ2n) is 6.38. The van der Waals surface area contributed by atoms with Gasteiger partial charge in [-0.05, 0) is 51.2 Å². The molecular weight excluding hydrogens is 225 g/mol. The zero-order valence-electron chi connectivity index (χ0n) is 11.5. The van der Waals surface area contributed by atoms with Gasteiger partial charge in [-0.15, -0.1) is 0 Å². The van der Waals surface area contributed by atoms with E-state index in [2.05, 4.69) is 33.8 Å². The van der Waals surface area contributed by atoms with Crippen LogP contribution in [0, 0.1) is 5.92 Å². The molecule has 2 fully saturated rings. The predicted molar refractivity (Wildman–Crippen MR) is 72.6 cm³/mol. The largest absolute Gasteiger partial charge is 0.494 e. The molecule has 1 aliphatic heterocycles. The van der Waals surface area contributed by atoms with E-state index in [1.54, 1.807) is 0 Å². The monoisotopic (exact) mass is 245 g/mol. The highest BCUT2D eigenvalue weighted by Crippen LogP contribution is 2.45. The van der Waals surface area contributed by atoms with Gasteiger partial charge in [0.2, 0.25) is 0 Å². The van der Waals surface area contributed by atoms with Crippen LogP contribution in [0.2, 0.25) is 0 Å². The Morgan fingerprint density at radius 1 is 1.17 bits per heavy atom. The van der Waals surface area contributed by atoms with Gasteiger partial charge in [-0.2, -0.15) is 0 Å². The van der Waals surface area contributed by atoms with Gasteiger partial charge in [-0.25, -0.2) is 0 Å². The molecule has 18 heavy (non-hydrogen) atoms. The minimum atomic E-state index is -0.288. The molecule has 1 atom stereocenters. The number of rotatable bonds is 1. The number of hydrogen-bond acceptors (Lipinski definition) is 3. The predicted octanol–water partition coefficient (Wildman–Crippen LogP) is 2.35. The van der Waals surface area contributed by atoms with Gasteiger partial charge >= 0.3 is 7.12 Å². The molecule has 0 spiro atoms. The lowest BCUT2D eigenvalue weighted by atomic mass is 9.77. The van der Waals surface area contributed by atoms with Crippen molar-refractivity contribution in [3.63, 3.8) is 0 Å². The SMILES string of the molecule is CC1(C)OB(C2=CC3CC3=C(N)C=C2)OC1(C)C. The van der Waals surface area contributed by atoms with Gasteiger partial charge in [0, 0.05) is 11.6 Å². The third-order valence-corrected chi connectivity index (χ3v) is 4.47. The zero-order chi connectivity index (χ0) is 13.1. The Balaban J connectivity index is 1.85. The highest BCUT2D eigenvalue weighted by atomic mass is 16.7. The fourth-order valence-electron chi connectivity index (χ4n) is 2.39. The molecule has 0 bridgehead atoms. The first-order chi connectivity index (χ1) is 8.30. The minimum absolute atomic E-state index is 0.279. The summed E-state index contributed by atoms with van der Waals surface area (Å²) >= 11 is 0. The van der Waals surface area contributed by atoms with E-state index in [-0.39, 0.29) is 18.3 Å². The van der Waals surface area contributed by atoms with Crippen LogP contribution in [0.5, 0.6) is 0 Å². The van der Waals surface area contributed by atoms with Crippen molar-refractivity contribution >= 4 is 7.12 Å². The lowest BCUT2D eigenvalue weighted by Gasteiger charge is -2.32. The number of fused-ring (bicyclic) bond motifs is 1. The Morgan fingerprint density at radius 3 is 2.39 bits per heavy atom. The lowest BCUT2D eigenvalue weighted by molar-refractivity contribution is 0.00578. The maximum atomic E-state index is 6.06. The van der Waals surface area contributed by atoms with Crippen LogP contribution in [0.25, 0.3) is 0 Å². The normalized spacial score (nSPS) is 32.1.